The molecule has 5 rings (SSSR count). The van der Waals surface area contributed by atoms with E-state index in [1.54, 1.807) is 12.4 Å². The van der Waals surface area contributed by atoms with E-state index in [9.17, 15) is 0 Å². The summed E-state index contributed by atoms with van der Waals surface area (Å²) in [7, 11) is 0. The number of hydrogen-bond acceptors (Lipinski definition) is 6. The maximum atomic E-state index is 9.08. The Balaban J connectivity index is 1.49. The molecule has 7 heteroatoms. The highest BCUT2D eigenvalue weighted by molar-refractivity contribution is 5.92. The van der Waals surface area contributed by atoms with Crippen molar-refractivity contribution >= 4 is 10.9 Å². The predicted octanol–water partition coefficient (Wildman–Crippen LogP) is 3.94. The summed E-state index contributed by atoms with van der Waals surface area (Å²) >= 11 is 0. The summed E-state index contributed by atoms with van der Waals surface area (Å²) < 4.78 is 11.6. The Labute approximate surface area is 154 Å². The van der Waals surface area contributed by atoms with E-state index in [2.05, 4.69) is 26.2 Å². The van der Waals surface area contributed by atoms with Crippen LogP contribution < -0.4 is 4.74 Å². The number of hydrogen-bond donors (Lipinski definition) is 1. The van der Waals surface area contributed by atoms with E-state index in [1.165, 1.54) is 6.39 Å². The van der Waals surface area contributed by atoms with Crippen LogP contribution in [-0.2, 0) is 6.42 Å². The van der Waals surface area contributed by atoms with Crippen LogP contribution in [0.4, 0.5) is 0 Å². The van der Waals surface area contributed by atoms with E-state index in [-0.39, 0.29) is 6.10 Å². The molecular formula is C20H15N5O2. The van der Waals surface area contributed by atoms with E-state index < -0.39 is 0 Å². The Hall–Kier alpha value is -3.66. The van der Waals surface area contributed by atoms with Crippen molar-refractivity contribution < 1.29 is 9.15 Å². The van der Waals surface area contributed by atoms with Crippen molar-refractivity contribution in [3.63, 3.8) is 0 Å². The van der Waals surface area contributed by atoms with Crippen molar-refractivity contribution in [1.82, 2.24) is 20.2 Å². The van der Waals surface area contributed by atoms with Crippen LogP contribution in [0.25, 0.3) is 22.4 Å². The van der Waals surface area contributed by atoms with E-state index in [0.29, 0.717) is 17.0 Å². The number of pyridine rings is 1. The normalized spacial score (nSPS) is 16.0. The van der Waals surface area contributed by atoms with Crippen LogP contribution in [0.1, 0.15) is 35.8 Å². The van der Waals surface area contributed by atoms with Gasteiger partial charge in [-0.2, -0.15) is 10.4 Å². The molecule has 1 N–H and O–H groups in total. The smallest absolute Gasteiger partial charge is 0.181 e. The van der Waals surface area contributed by atoms with Crippen molar-refractivity contribution in [2.45, 2.75) is 25.4 Å². The van der Waals surface area contributed by atoms with Gasteiger partial charge in [-0.15, -0.1) is 0 Å². The minimum Gasteiger partial charge on any atom is -0.484 e. The molecule has 1 unspecified atom stereocenters. The molecule has 1 aliphatic carbocycles. The summed E-state index contributed by atoms with van der Waals surface area (Å²) in [6.07, 6.45) is 7.33. The number of H-pyrrole nitrogens is 1. The lowest BCUT2D eigenvalue weighted by molar-refractivity contribution is 0.178. The molecule has 27 heavy (non-hydrogen) atoms. The van der Waals surface area contributed by atoms with Crippen molar-refractivity contribution in [3.8, 4) is 23.3 Å². The summed E-state index contributed by atoms with van der Waals surface area (Å²) in [5.41, 5.74) is 4.20. The van der Waals surface area contributed by atoms with Crippen LogP contribution in [0.15, 0.2) is 47.5 Å². The Kier molecular flexibility index (Phi) is 3.61. The van der Waals surface area contributed by atoms with Gasteiger partial charge in [-0.1, -0.05) is 0 Å². The summed E-state index contributed by atoms with van der Waals surface area (Å²) in [6, 6.07) is 9.88. The van der Waals surface area contributed by atoms with Gasteiger partial charge in [-0.25, -0.2) is 4.98 Å². The van der Waals surface area contributed by atoms with Crippen molar-refractivity contribution in [1.29, 1.82) is 5.26 Å². The van der Waals surface area contributed by atoms with E-state index in [1.807, 2.05) is 24.3 Å². The predicted molar refractivity (Wildman–Crippen MR) is 96.8 cm³/mol. The van der Waals surface area contributed by atoms with Gasteiger partial charge in [0.25, 0.3) is 0 Å². The largest absolute Gasteiger partial charge is 0.484 e. The fourth-order valence-electron chi connectivity index (χ4n) is 3.55. The topological polar surface area (TPSA) is 101 Å². The van der Waals surface area contributed by atoms with Gasteiger partial charge in [0.2, 0.25) is 0 Å². The Bertz CT molecular complexity index is 1160. The Morgan fingerprint density at radius 1 is 1.26 bits per heavy atom. The Morgan fingerprint density at radius 3 is 3.07 bits per heavy atom. The number of rotatable bonds is 3. The molecule has 7 nitrogen and oxygen atoms in total. The third-order valence-corrected chi connectivity index (χ3v) is 4.83. The van der Waals surface area contributed by atoms with E-state index in [0.717, 1.165) is 47.2 Å². The average molecular weight is 357 g/mol. The minimum atomic E-state index is -0.125. The van der Waals surface area contributed by atoms with Gasteiger partial charge >= 0.3 is 0 Å². The number of aromatic nitrogens is 4. The van der Waals surface area contributed by atoms with Crippen molar-refractivity contribution in [3.05, 3.63) is 59.9 Å². The van der Waals surface area contributed by atoms with Gasteiger partial charge in [0, 0.05) is 11.6 Å². The van der Waals surface area contributed by atoms with Gasteiger partial charge in [0.15, 0.2) is 12.2 Å². The van der Waals surface area contributed by atoms with Crippen LogP contribution in [0.3, 0.4) is 0 Å². The number of nitriles is 1. The van der Waals surface area contributed by atoms with Crippen LogP contribution in [-0.4, -0.2) is 20.2 Å². The molecular weight excluding hydrogens is 342 g/mol. The van der Waals surface area contributed by atoms with Crippen LogP contribution >= 0.6 is 0 Å². The number of aromatic amines is 1. The number of oxazole rings is 1. The molecule has 132 valence electrons. The first-order valence-electron chi connectivity index (χ1n) is 8.74. The summed E-state index contributed by atoms with van der Waals surface area (Å²) in [4.78, 5) is 8.45. The number of fused-ring (bicyclic) bond motifs is 2. The molecule has 1 atom stereocenters. The molecule has 3 heterocycles. The molecule has 0 spiro atoms. The highest BCUT2D eigenvalue weighted by atomic mass is 16.5. The number of aryl methyl sites for hydroxylation is 1. The first-order valence-corrected chi connectivity index (χ1v) is 8.74. The zero-order valence-corrected chi connectivity index (χ0v) is 14.3. The Morgan fingerprint density at radius 2 is 2.22 bits per heavy atom. The fourth-order valence-corrected chi connectivity index (χ4v) is 3.55. The first-order chi connectivity index (χ1) is 13.3. The molecule has 1 aromatic carbocycles. The highest BCUT2D eigenvalue weighted by Crippen LogP contribution is 2.35. The standard InChI is InChI=1S/C20H15N5O2/c21-8-12-6-13-2-1-3-17(19(13)23-9-12)27-14-4-5-16-15(7-14)20(25-24-16)18-10-22-11-26-18/h4-7,9-11,17H,1-3H2,(H,24,25). The minimum absolute atomic E-state index is 0.125. The van der Waals surface area contributed by atoms with Gasteiger partial charge in [-0.05, 0) is 49.1 Å². The second-order valence-electron chi connectivity index (χ2n) is 6.52. The third kappa shape index (κ3) is 2.72. The lowest BCUT2D eigenvalue weighted by Gasteiger charge is -2.25. The van der Waals surface area contributed by atoms with Crippen molar-refractivity contribution in [2.75, 3.05) is 0 Å². The third-order valence-electron chi connectivity index (χ3n) is 4.83. The second kappa shape index (κ2) is 6.25. The molecule has 0 aliphatic heterocycles. The quantitative estimate of drug-likeness (QED) is 0.596. The SMILES string of the molecule is N#Cc1cnc2c(c1)CCCC2Oc1ccc2[nH]nc(-c3cnco3)c2c1. The van der Waals surface area contributed by atoms with Gasteiger partial charge in [-0.3, -0.25) is 10.1 Å². The summed E-state index contributed by atoms with van der Waals surface area (Å²) in [5, 5.41) is 17.3. The molecule has 0 bridgehead atoms. The molecule has 0 saturated heterocycles. The van der Waals surface area contributed by atoms with E-state index in [4.69, 9.17) is 14.4 Å². The second-order valence-corrected chi connectivity index (χ2v) is 6.52. The molecule has 0 saturated carbocycles. The van der Waals surface area contributed by atoms with Crippen LogP contribution in [0, 0.1) is 11.3 Å². The molecule has 4 aromatic rings. The summed E-state index contributed by atoms with van der Waals surface area (Å²) in [6.45, 7) is 0. The number of benzene rings is 1. The first kappa shape index (κ1) is 15.6. The maximum Gasteiger partial charge on any atom is 0.181 e. The molecule has 0 fully saturated rings. The average Bonchev–Trinajstić information content (AvgIpc) is 3.37. The molecule has 0 amide bonds. The summed E-state index contributed by atoms with van der Waals surface area (Å²) in [5.74, 6) is 1.35. The lowest BCUT2D eigenvalue weighted by atomic mass is 9.93. The zero-order valence-electron chi connectivity index (χ0n) is 14.3. The zero-order chi connectivity index (χ0) is 18.2. The highest BCUT2D eigenvalue weighted by Gasteiger charge is 2.24. The van der Waals surface area contributed by atoms with E-state index >= 15 is 0 Å². The molecule has 0 radical (unpaired) electrons. The molecule has 3 aromatic heterocycles. The van der Waals surface area contributed by atoms with Crippen LogP contribution in [0.5, 0.6) is 5.75 Å². The number of nitrogens with one attached hydrogen (secondary N) is 1. The van der Waals surface area contributed by atoms with Gasteiger partial charge in [0.1, 0.15) is 23.6 Å². The fraction of sp³-hybridized carbons (Fsp3) is 0.200. The monoisotopic (exact) mass is 357 g/mol. The number of nitrogens with zero attached hydrogens (tertiary/aromatic N) is 4. The lowest BCUT2D eigenvalue weighted by Crippen LogP contribution is -2.17. The molecule has 1 aliphatic rings. The maximum absolute atomic E-state index is 9.08. The van der Waals surface area contributed by atoms with Crippen LogP contribution in [0.2, 0.25) is 0 Å². The number of ether oxygens (including phenoxy) is 1. The van der Waals surface area contributed by atoms with Crippen molar-refractivity contribution in [2.24, 2.45) is 0 Å². The van der Waals surface area contributed by atoms with Gasteiger partial charge < -0.3 is 9.15 Å². The van der Waals surface area contributed by atoms with Gasteiger partial charge in [0.05, 0.1) is 23.0 Å².